The smallest absolute Gasteiger partial charge is 0.317 e. The van der Waals surface area contributed by atoms with Crippen LogP contribution in [-0.2, 0) is 17.9 Å². The number of nitrogens with one attached hydrogen (secondary N) is 1. The highest BCUT2D eigenvalue weighted by Gasteiger charge is 2.10. The third kappa shape index (κ3) is 7.11. The molecule has 0 radical (unpaired) electrons. The summed E-state index contributed by atoms with van der Waals surface area (Å²) in [6.45, 7) is 7.36. The Morgan fingerprint density at radius 2 is 2.00 bits per heavy atom. The largest absolute Gasteiger partial charge is 0.395 e. The highest BCUT2D eigenvalue weighted by Crippen LogP contribution is 2.13. The summed E-state index contributed by atoms with van der Waals surface area (Å²) in [5.41, 5.74) is 1.94. The van der Waals surface area contributed by atoms with Gasteiger partial charge in [0.15, 0.2) is 0 Å². The minimum absolute atomic E-state index is 0.0381. The Morgan fingerprint density at radius 3 is 2.62 bits per heavy atom. The number of likely N-dealkylation sites (N-methyl/N-ethyl adjacent to an activating group) is 1. The van der Waals surface area contributed by atoms with Crippen molar-refractivity contribution in [3.63, 3.8) is 0 Å². The number of urea groups is 1. The highest BCUT2D eigenvalue weighted by molar-refractivity contribution is 5.73. The zero-order valence-electron chi connectivity index (χ0n) is 13.3. The summed E-state index contributed by atoms with van der Waals surface area (Å²) in [7, 11) is 1.65. The molecule has 0 heterocycles. The normalized spacial score (nSPS) is 11.3. The van der Waals surface area contributed by atoms with Crippen LogP contribution in [0.1, 0.15) is 31.9 Å². The molecule has 1 aromatic carbocycles. The van der Waals surface area contributed by atoms with E-state index in [0.717, 1.165) is 11.1 Å². The van der Waals surface area contributed by atoms with Crippen LogP contribution in [0.5, 0.6) is 0 Å². The van der Waals surface area contributed by atoms with E-state index in [1.54, 1.807) is 7.05 Å². The van der Waals surface area contributed by atoms with Crippen LogP contribution in [-0.4, -0.2) is 41.8 Å². The summed E-state index contributed by atoms with van der Waals surface area (Å²) in [6, 6.07) is 7.76. The topological polar surface area (TPSA) is 61.8 Å². The van der Waals surface area contributed by atoms with Crippen LogP contribution in [0.25, 0.3) is 0 Å². The van der Waals surface area contributed by atoms with Gasteiger partial charge in [0.05, 0.1) is 18.8 Å². The molecule has 0 aliphatic rings. The van der Waals surface area contributed by atoms with Gasteiger partial charge in [0.25, 0.3) is 0 Å². The number of nitrogens with zero attached hydrogens (tertiary/aromatic N) is 1. The molecule has 0 saturated carbocycles. The summed E-state index contributed by atoms with van der Waals surface area (Å²) in [6.07, 6.45) is 0. The Morgan fingerprint density at radius 1 is 1.33 bits per heavy atom. The van der Waals surface area contributed by atoms with E-state index in [4.69, 9.17) is 9.84 Å². The molecular weight excluding hydrogens is 268 g/mol. The standard InChI is InChI=1S/C16H26N2O3/c1-16(2,3)21-12-14-7-5-6-13(10-14)11-17-15(20)18(4)8-9-19/h5-7,10,19H,8-9,11-12H2,1-4H3,(H,17,20). The van der Waals surface area contributed by atoms with Crippen molar-refractivity contribution in [1.29, 1.82) is 0 Å². The number of ether oxygens (including phenoxy) is 1. The fourth-order valence-corrected chi connectivity index (χ4v) is 1.69. The number of carbonyl (C=O) groups is 1. The SMILES string of the molecule is CN(CCO)C(=O)NCc1cccc(COC(C)(C)C)c1. The summed E-state index contributed by atoms with van der Waals surface area (Å²) in [5, 5.41) is 11.6. The molecule has 21 heavy (non-hydrogen) atoms. The van der Waals surface area contributed by atoms with Crippen molar-refractivity contribution in [1.82, 2.24) is 10.2 Å². The van der Waals surface area contributed by atoms with E-state index in [1.165, 1.54) is 4.90 Å². The third-order valence-corrected chi connectivity index (χ3v) is 2.89. The molecule has 0 aliphatic carbocycles. The van der Waals surface area contributed by atoms with E-state index in [0.29, 0.717) is 19.7 Å². The molecule has 0 unspecified atom stereocenters. The van der Waals surface area contributed by atoms with Gasteiger partial charge in [0.2, 0.25) is 0 Å². The molecule has 0 atom stereocenters. The van der Waals surface area contributed by atoms with E-state index in [-0.39, 0.29) is 18.2 Å². The fraction of sp³-hybridized carbons (Fsp3) is 0.562. The Bertz CT molecular complexity index is 455. The van der Waals surface area contributed by atoms with E-state index in [1.807, 2.05) is 45.0 Å². The van der Waals surface area contributed by atoms with Gasteiger partial charge in [-0.15, -0.1) is 0 Å². The van der Waals surface area contributed by atoms with Crippen LogP contribution in [0, 0.1) is 0 Å². The molecule has 0 aromatic heterocycles. The lowest BCUT2D eigenvalue weighted by Gasteiger charge is -2.20. The van der Waals surface area contributed by atoms with E-state index in [2.05, 4.69) is 5.32 Å². The average Bonchev–Trinajstić information content (AvgIpc) is 2.42. The number of amides is 2. The number of hydrogen-bond donors (Lipinski definition) is 2. The molecule has 0 saturated heterocycles. The van der Waals surface area contributed by atoms with Crippen molar-refractivity contribution in [3.8, 4) is 0 Å². The molecule has 2 N–H and O–H groups in total. The second kappa shape index (κ2) is 8.00. The van der Waals surface area contributed by atoms with Crippen LogP contribution < -0.4 is 5.32 Å². The molecule has 0 bridgehead atoms. The van der Waals surface area contributed by atoms with Crippen LogP contribution in [0.15, 0.2) is 24.3 Å². The molecule has 0 spiro atoms. The fourth-order valence-electron chi connectivity index (χ4n) is 1.69. The lowest BCUT2D eigenvalue weighted by atomic mass is 10.1. The number of hydrogen-bond acceptors (Lipinski definition) is 3. The van der Waals surface area contributed by atoms with Gasteiger partial charge in [-0.1, -0.05) is 24.3 Å². The first-order valence-corrected chi connectivity index (χ1v) is 7.13. The maximum absolute atomic E-state index is 11.7. The molecule has 1 aromatic rings. The average molecular weight is 294 g/mol. The first kappa shape index (κ1) is 17.5. The molecule has 5 nitrogen and oxygen atoms in total. The summed E-state index contributed by atoms with van der Waals surface area (Å²) in [4.78, 5) is 13.2. The first-order valence-electron chi connectivity index (χ1n) is 7.13. The number of aliphatic hydroxyl groups is 1. The van der Waals surface area contributed by atoms with Gasteiger partial charge in [-0.25, -0.2) is 4.79 Å². The second-order valence-corrected chi connectivity index (χ2v) is 6.02. The van der Waals surface area contributed by atoms with Crippen LogP contribution in [0.4, 0.5) is 4.79 Å². The van der Waals surface area contributed by atoms with Gasteiger partial charge in [0, 0.05) is 20.1 Å². The quantitative estimate of drug-likeness (QED) is 0.845. The molecule has 1 rings (SSSR count). The second-order valence-electron chi connectivity index (χ2n) is 6.02. The van der Waals surface area contributed by atoms with Crippen molar-refractivity contribution in [2.24, 2.45) is 0 Å². The van der Waals surface area contributed by atoms with Gasteiger partial charge in [-0.3, -0.25) is 0 Å². The minimum atomic E-state index is -0.194. The molecule has 2 amide bonds. The maximum Gasteiger partial charge on any atom is 0.317 e. The van der Waals surface area contributed by atoms with Gasteiger partial charge >= 0.3 is 6.03 Å². The van der Waals surface area contributed by atoms with E-state index >= 15 is 0 Å². The zero-order chi connectivity index (χ0) is 15.9. The van der Waals surface area contributed by atoms with Crippen molar-refractivity contribution >= 4 is 6.03 Å². The maximum atomic E-state index is 11.7. The predicted octanol–water partition coefficient (Wildman–Crippen LogP) is 2.14. The number of benzene rings is 1. The lowest BCUT2D eigenvalue weighted by molar-refractivity contribution is -0.0149. The van der Waals surface area contributed by atoms with Crippen molar-refractivity contribution < 1.29 is 14.6 Å². The summed E-state index contributed by atoms with van der Waals surface area (Å²) >= 11 is 0. The van der Waals surface area contributed by atoms with Gasteiger partial charge < -0.3 is 20.1 Å². The Hall–Kier alpha value is -1.59. The van der Waals surface area contributed by atoms with Gasteiger partial charge in [-0.05, 0) is 31.9 Å². The van der Waals surface area contributed by atoms with Crippen LogP contribution in [0.3, 0.4) is 0 Å². The molecule has 0 aliphatic heterocycles. The van der Waals surface area contributed by atoms with Gasteiger partial charge in [0.1, 0.15) is 0 Å². The van der Waals surface area contributed by atoms with Crippen molar-refractivity contribution in [2.75, 3.05) is 20.2 Å². The van der Waals surface area contributed by atoms with Crippen LogP contribution in [0.2, 0.25) is 0 Å². The minimum Gasteiger partial charge on any atom is -0.395 e. The molecule has 118 valence electrons. The molecule has 5 heteroatoms. The molecule has 0 fully saturated rings. The van der Waals surface area contributed by atoms with Gasteiger partial charge in [-0.2, -0.15) is 0 Å². The Balaban J connectivity index is 2.51. The number of carbonyl (C=O) groups excluding carboxylic acids is 1. The number of aliphatic hydroxyl groups excluding tert-OH is 1. The monoisotopic (exact) mass is 294 g/mol. The van der Waals surface area contributed by atoms with E-state index < -0.39 is 0 Å². The lowest BCUT2D eigenvalue weighted by Crippen LogP contribution is -2.38. The predicted molar refractivity (Wildman–Crippen MR) is 82.9 cm³/mol. The molecular formula is C16H26N2O3. The number of rotatable bonds is 6. The van der Waals surface area contributed by atoms with Crippen LogP contribution >= 0.6 is 0 Å². The van der Waals surface area contributed by atoms with Crippen molar-refractivity contribution in [2.45, 2.75) is 39.5 Å². The van der Waals surface area contributed by atoms with E-state index in [9.17, 15) is 4.79 Å². The first-order chi connectivity index (χ1) is 9.81. The van der Waals surface area contributed by atoms with Crippen molar-refractivity contribution in [3.05, 3.63) is 35.4 Å². The Labute approximate surface area is 126 Å². The summed E-state index contributed by atoms with van der Waals surface area (Å²) < 4.78 is 5.74. The zero-order valence-corrected chi connectivity index (χ0v) is 13.3. The third-order valence-electron chi connectivity index (χ3n) is 2.89. The highest BCUT2D eigenvalue weighted by atomic mass is 16.5. The summed E-state index contributed by atoms with van der Waals surface area (Å²) in [5.74, 6) is 0. The Kier molecular flexibility index (Phi) is 6.65.